The van der Waals surface area contributed by atoms with Crippen molar-refractivity contribution in [2.45, 2.75) is 0 Å². The van der Waals surface area contributed by atoms with Crippen molar-refractivity contribution in [2.75, 3.05) is 7.05 Å². The minimum Gasteiger partial charge on any atom is -0.355 e. The van der Waals surface area contributed by atoms with Crippen LogP contribution in [0.2, 0.25) is 0 Å². The molecule has 0 radical (unpaired) electrons. The Balaban J connectivity index is 2.30. The summed E-state index contributed by atoms with van der Waals surface area (Å²) in [5.41, 5.74) is 2.77. The molecule has 0 atom stereocenters. The van der Waals surface area contributed by atoms with Gasteiger partial charge in [0.1, 0.15) is 0 Å². The van der Waals surface area contributed by atoms with Crippen LogP contribution in [0.4, 0.5) is 0 Å². The molecule has 0 bridgehead atoms. The minimum absolute atomic E-state index is 0.0715. The van der Waals surface area contributed by atoms with Gasteiger partial charge >= 0.3 is 0 Å². The molecule has 2 rings (SSSR count). The predicted molar refractivity (Wildman–Crippen MR) is 63.1 cm³/mol. The second-order valence-electron chi connectivity index (χ2n) is 3.40. The summed E-state index contributed by atoms with van der Waals surface area (Å²) < 4.78 is 0. The molecule has 0 aliphatic rings. The van der Waals surface area contributed by atoms with Gasteiger partial charge in [-0.2, -0.15) is 0 Å². The average molecular weight is 212 g/mol. The van der Waals surface area contributed by atoms with Crippen molar-refractivity contribution in [3.05, 3.63) is 54.4 Å². The fraction of sp³-hybridized carbons (Fsp3) is 0.0769. The number of nitrogens with zero attached hydrogens (tertiary/aromatic N) is 1. The minimum atomic E-state index is -0.0715. The smallest absolute Gasteiger partial charge is 0.251 e. The summed E-state index contributed by atoms with van der Waals surface area (Å²) in [6, 6.07) is 11.3. The Kier molecular flexibility index (Phi) is 2.96. The highest BCUT2D eigenvalue weighted by atomic mass is 16.1. The maximum atomic E-state index is 11.3. The Morgan fingerprint density at radius 1 is 1.12 bits per heavy atom. The Labute approximate surface area is 94.1 Å². The molecule has 1 amide bonds. The van der Waals surface area contributed by atoms with Gasteiger partial charge < -0.3 is 5.32 Å². The summed E-state index contributed by atoms with van der Waals surface area (Å²) >= 11 is 0. The number of carbonyl (C=O) groups is 1. The molecule has 0 saturated carbocycles. The fourth-order valence-corrected chi connectivity index (χ4v) is 1.49. The van der Waals surface area contributed by atoms with Crippen LogP contribution in [-0.2, 0) is 0 Å². The van der Waals surface area contributed by atoms with E-state index in [0.29, 0.717) is 5.56 Å². The molecule has 1 aromatic carbocycles. The molecule has 1 heterocycles. The number of aromatic nitrogens is 1. The van der Waals surface area contributed by atoms with E-state index in [0.717, 1.165) is 11.1 Å². The molecule has 1 aromatic heterocycles. The quantitative estimate of drug-likeness (QED) is 0.828. The fourth-order valence-electron chi connectivity index (χ4n) is 1.49. The van der Waals surface area contributed by atoms with Gasteiger partial charge in [-0.15, -0.1) is 0 Å². The average Bonchev–Trinajstić information content (AvgIpc) is 2.39. The number of amides is 1. The van der Waals surface area contributed by atoms with Gasteiger partial charge in [0.25, 0.3) is 5.91 Å². The second kappa shape index (κ2) is 4.57. The lowest BCUT2D eigenvalue weighted by Crippen LogP contribution is -2.17. The highest BCUT2D eigenvalue weighted by Crippen LogP contribution is 2.18. The SMILES string of the molecule is CNC(=O)c1ccc(-c2cccnc2)cc1. The van der Waals surface area contributed by atoms with Crippen LogP contribution in [0.3, 0.4) is 0 Å². The Morgan fingerprint density at radius 3 is 2.44 bits per heavy atom. The largest absolute Gasteiger partial charge is 0.355 e. The van der Waals surface area contributed by atoms with Gasteiger partial charge in [-0.3, -0.25) is 9.78 Å². The lowest BCUT2D eigenvalue weighted by molar-refractivity contribution is 0.0963. The number of hydrogen-bond acceptors (Lipinski definition) is 2. The first-order valence-corrected chi connectivity index (χ1v) is 5.04. The summed E-state index contributed by atoms with van der Waals surface area (Å²) in [7, 11) is 1.62. The van der Waals surface area contributed by atoms with Crippen molar-refractivity contribution in [3.63, 3.8) is 0 Å². The number of benzene rings is 1. The van der Waals surface area contributed by atoms with Gasteiger partial charge in [0, 0.05) is 25.0 Å². The zero-order chi connectivity index (χ0) is 11.4. The van der Waals surface area contributed by atoms with E-state index in [2.05, 4.69) is 10.3 Å². The van der Waals surface area contributed by atoms with Crippen LogP contribution < -0.4 is 5.32 Å². The first kappa shape index (κ1) is 10.4. The summed E-state index contributed by atoms with van der Waals surface area (Å²) in [6.07, 6.45) is 3.54. The second-order valence-corrected chi connectivity index (χ2v) is 3.40. The number of hydrogen-bond donors (Lipinski definition) is 1. The predicted octanol–water partition coefficient (Wildman–Crippen LogP) is 2.11. The van der Waals surface area contributed by atoms with Crippen LogP contribution in [0.1, 0.15) is 10.4 Å². The lowest BCUT2D eigenvalue weighted by Gasteiger charge is -2.02. The van der Waals surface area contributed by atoms with Crippen molar-refractivity contribution in [1.82, 2.24) is 10.3 Å². The molecule has 3 heteroatoms. The standard InChI is InChI=1S/C13H12N2O/c1-14-13(16)11-6-4-10(5-7-11)12-3-2-8-15-9-12/h2-9H,1H3,(H,14,16). The maximum Gasteiger partial charge on any atom is 0.251 e. The van der Waals surface area contributed by atoms with Crippen LogP contribution >= 0.6 is 0 Å². The van der Waals surface area contributed by atoms with Gasteiger partial charge in [0.05, 0.1) is 0 Å². The first-order chi connectivity index (χ1) is 7.81. The summed E-state index contributed by atoms with van der Waals surface area (Å²) in [4.78, 5) is 15.4. The van der Waals surface area contributed by atoms with E-state index in [4.69, 9.17) is 0 Å². The van der Waals surface area contributed by atoms with Crippen molar-refractivity contribution in [1.29, 1.82) is 0 Å². The normalized spacial score (nSPS) is 9.81. The number of pyridine rings is 1. The van der Waals surface area contributed by atoms with Gasteiger partial charge in [0.15, 0.2) is 0 Å². The van der Waals surface area contributed by atoms with Gasteiger partial charge in [-0.1, -0.05) is 18.2 Å². The Bertz CT molecular complexity index is 477. The van der Waals surface area contributed by atoms with E-state index in [1.54, 1.807) is 31.6 Å². The van der Waals surface area contributed by atoms with Gasteiger partial charge in [-0.05, 0) is 29.3 Å². The van der Waals surface area contributed by atoms with E-state index < -0.39 is 0 Å². The zero-order valence-corrected chi connectivity index (χ0v) is 8.97. The summed E-state index contributed by atoms with van der Waals surface area (Å²) in [6.45, 7) is 0. The van der Waals surface area contributed by atoms with E-state index in [9.17, 15) is 4.79 Å². The lowest BCUT2D eigenvalue weighted by atomic mass is 10.1. The molecule has 16 heavy (non-hydrogen) atoms. The van der Waals surface area contributed by atoms with Crippen LogP contribution in [0.25, 0.3) is 11.1 Å². The van der Waals surface area contributed by atoms with Crippen LogP contribution in [0.5, 0.6) is 0 Å². The Morgan fingerprint density at radius 2 is 1.88 bits per heavy atom. The third-order valence-corrected chi connectivity index (χ3v) is 2.37. The number of carbonyl (C=O) groups excluding carboxylic acids is 1. The molecule has 0 fully saturated rings. The molecule has 0 aliphatic heterocycles. The third kappa shape index (κ3) is 2.08. The van der Waals surface area contributed by atoms with E-state index in [1.165, 1.54) is 0 Å². The molecular formula is C13H12N2O. The number of rotatable bonds is 2. The number of nitrogens with one attached hydrogen (secondary N) is 1. The summed E-state index contributed by atoms with van der Waals surface area (Å²) in [5.74, 6) is -0.0715. The van der Waals surface area contributed by atoms with Crippen LogP contribution in [0.15, 0.2) is 48.8 Å². The van der Waals surface area contributed by atoms with E-state index >= 15 is 0 Å². The van der Waals surface area contributed by atoms with Crippen LogP contribution in [-0.4, -0.2) is 17.9 Å². The molecule has 3 nitrogen and oxygen atoms in total. The van der Waals surface area contributed by atoms with E-state index in [1.807, 2.05) is 24.3 Å². The van der Waals surface area contributed by atoms with Crippen molar-refractivity contribution in [2.24, 2.45) is 0 Å². The molecule has 0 unspecified atom stereocenters. The maximum absolute atomic E-state index is 11.3. The topological polar surface area (TPSA) is 42.0 Å². The van der Waals surface area contributed by atoms with Crippen molar-refractivity contribution >= 4 is 5.91 Å². The molecule has 0 aliphatic carbocycles. The van der Waals surface area contributed by atoms with Gasteiger partial charge in [0.2, 0.25) is 0 Å². The molecule has 1 N–H and O–H groups in total. The summed E-state index contributed by atoms with van der Waals surface area (Å²) in [5, 5.41) is 2.59. The molecule has 2 aromatic rings. The van der Waals surface area contributed by atoms with Crippen molar-refractivity contribution < 1.29 is 4.79 Å². The molecule has 80 valence electrons. The first-order valence-electron chi connectivity index (χ1n) is 5.04. The monoisotopic (exact) mass is 212 g/mol. The highest BCUT2D eigenvalue weighted by Gasteiger charge is 2.02. The zero-order valence-electron chi connectivity index (χ0n) is 8.97. The van der Waals surface area contributed by atoms with Crippen molar-refractivity contribution in [3.8, 4) is 11.1 Å². The van der Waals surface area contributed by atoms with Crippen LogP contribution in [0, 0.1) is 0 Å². The molecule has 0 spiro atoms. The molecular weight excluding hydrogens is 200 g/mol. The van der Waals surface area contributed by atoms with E-state index in [-0.39, 0.29) is 5.91 Å². The highest BCUT2D eigenvalue weighted by molar-refractivity contribution is 5.94. The Hall–Kier alpha value is -2.16. The third-order valence-electron chi connectivity index (χ3n) is 2.37. The van der Waals surface area contributed by atoms with Gasteiger partial charge in [-0.25, -0.2) is 0 Å². The molecule has 0 saturated heterocycles.